The monoisotopic (exact) mass is 487 g/mol. The Balaban J connectivity index is 1.28. The second-order valence-electron chi connectivity index (χ2n) is 10.1. The zero-order chi connectivity index (χ0) is 25.1. The van der Waals surface area contributed by atoms with Crippen LogP contribution in [0.25, 0.3) is 55.7 Å². The summed E-state index contributed by atoms with van der Waals surface area (Å²) in [6.07, 6.45) is 5.62. The van der Waals surface area contributed by atoms with Crippen molar-refractivity contribution < 1.29 is 4.42 Å². The maximum Gasteiger partial charge on any atom is 0.139 e. The molecule has 5 aromatic carbocycles. The number of nitrogens with zero attached hydrogens (tertiary/aromatic N) is 1. The maximum absolute atomic E-state index is 6.40. The maximum atomic E-state index is 6.40. The largest absolute Gasteiger partial charge is 0.456 e. The van der Waals surface area contributed by atoms with E-state index in [0.29, 0.717) is 0 Å². The Morgan fingerprint density at radius 3 is 2.29 bits per heavy atom. The van der Waals surface area contributed by atoms with E-state index in [-0.39, 0.29) is 5.92 Å². The summed E-state index contributed by atoms with van der Waals surface area (Å²) < 4.78 is 8.83. The average Bonchev–Trinajstić information content (AvgIpc) is 3.53. The van der Waals surface area contributed by atoms with Crippen LogP contribution in [-0.4, -0.2) is 4.57 Å². The third-order valence-electron chi connectivity index (χ3n) is 7.98. The summed E-state index contributed by atoms with van der Waals surface area (Å²) in [5.74, 6) is 0.252. The van der Waals surface area contributed by atoms with Crippen molar-refractivity contribution in [1.82, 2.24) is 4.57 Å². The van der Waals surface area contributed by atoms with Gasteiger partial charge in [0, 0.05) is 39.0 Å². The number of fused-ring (bicyclic) bond motifs is 6. The molecular formula is C36H25NO. The van der Waals surface area contributed by atoms with E-state index in [1.807, 2.05) is 6.07 Å². The first kappa shape index (κ1) is 21.3. The molecule has 0 amide bonds. The number of hydrogen-bond acceptors (Lipinski definition) is 1. The molecule has 2 nitrogen and oxygen atoms in total. The molecule has 180 valence electrons. The summed E-state index contributed by atoms with van der Waals surface area (Å²) in [6.45, 7) is 0. The van der Waals surface area contributed by atoms with Gasteiger partial charge in [0.25, 0.3) is 0 Å². The molecule has 0 N–H and O–H groups in total. The van der Waals surface area contributed by atoms with Crippen LogP contribution in [0.2, 0.25) is 0 Å². The lowest BCUT2D eigenvalue weighted by atomic mass is 9.86. The number of furan rings is 1. The van der Waals surface area contributed by atoms with Crippen LogP contribution in [-0.2, 0) is 6.42 Å². The average molecular weight is 488 g/mol. The molecule has 0 spiro atoms. The van der Waals surface area contributed by atoms with Crippen LogP contribution in [0.3, 0.4) is 0 Å². The third-order valence-corrected chi connectivity index (χ3v) is 7.98. The molecule has 1 unspecified atom stereocenters. The summed E-state index contributed by atoms with van der Waals surface area (Å²) >= 11 is 0. The summed E-state index contributed by atoms with van der Waals surface area (Å²) in [5, 5.41) is 3.69. The standard InChI is InChI=1S/C36H25NO/c1-2-10-24(11-3-1)25-12-8-13-27(22-25)37-33-18-6-4-14-29(33)32-23-26(20-21-34(32)37)28-16-9-17-31-30-15-5-7-19-35(30)38-36(28)31/h1-22,26H,23H2. The van der Waals surface area contributed by atoms with Crippen LogP contribution in [0, 0.1) is 0 Å². The molecule has 0 aliphatic heterocycles. The first-order valence-corrected chi connectivity index (χ1v) is 13.2. The minimum absolute atomic E-state index is 0.252. The second kappa shape index (κ2) is 8.36. The Labute approximate surface area is 221 Å². The number of allylic oxidation sites excluding steroid dienone is 1. The summed E-state index contributed by atoms with van der Waals surface area (Å²) in [6, 6.07) is 43.2. The normalized spacial score (nSPS) is 14.9. The molecular weight excluding hydrogens is 462 g/mol. The topological polar surface area (TPSA) is 18.1 Å². The predicted molar refractivity (Wildman–Crippen MR) is 158 cm³/mol. The Morgan fingerprint density at radius 1 is 0.632 bits per heavy atom. The van der Waals surface area contributed by atoms with E-state index in [9.17, 15) is 0 Å². The number of aromatic nitrogens is 1. The fourth-order valence-electron chi connectivity index (χ4n) is 6.22. The van der Waals surface area contributed by atoms with E-state index in [4.69, 9.17) is 4.42 Å². The molecule has 0 radical (unpaired) electrons. The highest BCUT2D eigenvalue weighted by molar-refractivity contribution is 6.06. The van der Waals surface area contributed by atoms with Gasteiger partial charge in [-0.15, -0.1) is 0 Å². The SMILES string of the molecule is C1=CC(c2cccc3c2oc2ccccc23)Cc2c1n(-c1cccc(-c3ccccc3)c1)c1ccccc21. The number of benzene rings is 5. The van der Waals surface area contributed by atoms with E-state index in [1.165, 1.54) is 55.3 Å². The van der Waals surface area contributed by atoms with Crippen molar-refractivity contribution in [3.8, 4) is 16.8 Å². The molecule has 1 aliphatic rings. The first-order chi connectivity index (χ1) is 18.8. The Kier molecular flexibility index (Phi) is 4.68. The van der Waals surface area contributed by atoms with Crippen molar-refractivity contribution in [1.29, 1.82) is 0 Å². The molecule has 0 saturated heterocycles. The molecule has 2 heteroatoms. The van der Waals surface area contributed by atoms with Gasteiger partial charge in [-0.1, -0.05) is 103 Å². The van der Waals surface area contributed by atoms with Crippen molar-refractivity contribution in [3.63, 3.8) is 0 Å². The molecule has 1 atom stereocenters. The van der Waals surface area contributed by atoms with Crippen LogP contribution in [0.15, 0.2) is 132 Å². The van der Waals surface area contributed by atoms with Gasteiger partial charge in [-0.05, 0) is 53.5 Å². The smallest absolute Gasteiger partial charge is 0.139 e. The van der Waals surface area contributed by atoms with E-state index in [2.05, 4.69) is 132 Å². The van der Waals surface area contributed by atoms with Crippen molar-refractivity contribution in [2.45, 2.75) is 12.3 Å². The van der Waals surface area contributed by atoms with Gasteiger partial charge in [0.1, 0.15) is 11.2 Å². The molecule has 2 aromatic heterocycles. The number of hydrogen-bond donors (Lipinski definition) is 0. The second-order valence-corrected chi connectivity index (χ2v) is 10.1. The lowest BCUT2D eigenvalue weighted by Gasteiger charge is -2.20. The van der Waals surface area contributed by atoms with Crippen LogP contribution in [0.4, 0.5) is 0 Å². The van der Waals surface area contributed by atoms with Gasteiger partial charge in [-0.2, -0.15) is 0 Å². The summed E-state index contributed by atoms with van der Waals surface area (Å²) in [4.78, 5) is 0. The van der Waals surface area contributed by atoms with E-state index in [1.54, 1.807) is 0 Å². The summed E-state index contributed by atoms with van der Waals surface area (Å²) in [7, 11) is 0. The Bertz CT molecular complexity index is 2000. The van der Waals surface area contributed by atoms with Crippen LogP contribution < -0.4 is 0 Å². The van der Waals surface area contributed by atoms with Gasteiger partial charge in [-0.25, -0.2) is 0 Å². The molecule has 2 heterocycles. The highest BCUT2D eigenvalue weighted by Gasteiger charge is 2.25. The fourth-order valence-corrected chi connectivity index (χ4v) is 6.22. The molecule has 7 aromatic rings. The van der Waals surface area contributed by atoms with E-state index < -0.39 is 0 Å². The molecule has 0 fully saturated rings. The zero-order valence-corrected chi connectivity index (χ0v) is 20.8. The Hall–Kier alpha value is -4.82. The summed E-state index contributed by atoms with van der Waals surface area (Å²) in [5.41, 5.74) is 10.8. The quantitative estimate of drug-likeness (QED) is 0.243. The van der Waals surface area contributed by atoms with Crippen molar-refractivity contribution >= 4 is 38.9 Å². The van der Waals surface area contributed by atoms with Gasteiger partial charge in [0.15, 0.2) is 0 Å². The van der Waals surface area contributed by atoms with Crippen molar-refractivity contribution in [3.05, 3.63) is 144 Å². The lowest BCUT2D eigenvalue weighted by molar-refractivity contribution is 0.656. The molecule has 1 aliphatic carbocycles. The van der Waals surface area contributed by atoms with Gasteiger partial charge in [0.05, 0.1) is 5.52 Å². The van der Waals surface area contributed by atoms with Crippen molar-refractivity contribution in [2.75, 3.05) is 0 Å². The minimum Gasteiger partial charge on any atom is -0.456 e. The van der Waals surface area contributed by atoms with Gasteiger partial charge in [0.2, 0.25) is 0 Å². The molecule has 8 rings (SSSR count). The lowest BCUT2D eigenvalue weighted by Crippen LogP contribution is -2.07. The highest BCUT2D eigenvalue weighted by Crippen LogP contribution is 2.41. The zero-order valence-electron chi connectivity index (χ0n) is 20.8. The van der Waals surface area contributed by atoms with Crippen LogP contribution in [0.1, 0.15) is 22.7 Å². The fraction of sp³-hybridized carbons (Fsp3) is 0.0556. The van der Waals surface area contributed by atoms with E-state index in [0.717, 1.165) is 17.6 Å². The minimum atomic E-state index is 0.252. The molecule has 0 saturated carbocycles. The first-order valence-electron chi connectivity index (χ1n) is 13.2. The van der Waals surface area contributed by atoms with Gasteiger partial charge < -0.3 is 8.98 Å². The predicted octanol–water partition coefficient (Wildman–Crippen LogP) is 9.55. The number of rotatable bonds is 3. The van der Waals surface area contributed by atoms with Gasteiger partial charge >= 0.3 is 0 Å². The van der Waals surface area contributed by atoms with Crippen LogP contribution in [0.5, 0.6) is 0 Å². The Morgan fingerprint density at radius 2 is 1.37 bits per heavy atom. The van der Waals surface area contributed by atoms with Crippen LogP contribution >= 0.6 is 0 Å². The molecule has 38 heavy (non-hydrogen) atoms. The van der Waals surface area contributed by atoms with E-state index >= 15 is 0 Å². The van der Waals surface area contributed by atoms with Gasteiger partial charge in [-0.3, -0.25) is 0 Å². The molecule has 0 bridgehead atoms. The van der Waals surface area contributed by atoms with Crippen molar-refractivity contribution in [2.24, 2.45) is 0 Å². The number of para-hydroxylation sites is 3. The highest BCUT2D eigenvalue weighted by atomic mass is 16.3. The third kappa shape index (κ3) is 3.20.